The molecule has 2 nitrogen and oxygen atoms in total. The molecular formula is C11H9NO. The van der Waals surface area contributed by atoms with Gasteiger partial charge in [-0.05, 0) is 31.2 Å². The summed E-state index contributed by atoms with van der Waals surface area (Å²) in [7, 11) is 0. The zero-order valence-corrected chi connectivity index (χ0v) is 7.32. The van der Waals surface area contributed by atoms with E-state index in [4.69, 9.17) is 4.42 Å². The molecule has 3 aromatic rings. The van der Waals surface area contributed by atoms with E-state index in [1.165, 1.54) is 11.1 Å². The predicted molar refractivity (Wildman–Crippen MR) is 51.9 cm³/mol. The van der Waals surface area contributed by atoms with Gasteiger partial charge in [-0.3, -0.25) is 0 Å². The second-order valence-electron chi connectivity index (χ2n) is 3.25. The largest absolute Gasteiger partial charge is 0.462 e. The van der Waals surface area contributed by atoms with Crippen LogP contribution in [0.15, 0.2) is 41.1 Å². The van der Waals surface area contributed by atoms with Crippen molar-refractivity contribution in [3.63, 3.8) is 0 Å². The topological polar surface area (TPSA) is 17.6 Å². The van der Waals surface area contributed by atoms with Crippen LogP contribution in [0.1, 0.15) is 5.69 Å². The number of hydrogen-bond donors (Lipinski definition) is 0. The molecule has 0 N–H and O–H groups in total. The van der Waals surface area contributed by atoms with Crippen LogP contribution in [-0.4, -0.2) is 4.40 Å². The third kappa shape index (κ3) is 0.773. The van der Waals surface area contributed by atoms with Crippen molar-refractivity contribution in [1.82, 2.24) is 4.40 Å². The fourth-order valence-electron chi connectivity index (χ4n) is 1.81. The van der Waals surface area contributed by atoms with Crippen molar-refractivity contribution < 1.29 is 4.42 Å². The average Bonchev–Trinajstić information content (AvgIpc) is 2.66. The van der Waals surface area contributed by atoms with E-state index in [-0.39, 0.29) is 0 Å². The molecule has 0 amide bonds. The molecule has 0 aliphatic rings. The lowest BCUT2D eigenvalue weighted by Gasteiger charge is -2.00. The van der Waals surface area contributed by atoms with Crippen molar-refractivity contribution in [2.75, 3.05) is 0 Å². The van der Waals surface area contributed by atoms with Gasteiger partial charge in [0.2, 0.25) is 0 Å². The van der Waals surface area contributed by atoms with Gasteiger partial charge in [-0.2, -0.15) is 0 Å². The first kappa shape index (κ1) is 6.78. The van der Waals surface area contributed by atoms with Gasteiger partial charge in [-0.15, -0.1) is 0 Å². The van der Waals surface area contributed by atoms with Crippen molar-refractivity contribution in [2.45, 2.75) is 6.92 Å². The van der Waals surface area contributed by atoms with E-state index in [9.17, 15) is 0 Å². The summed E-state index contributed by atoms with van der Waals surface area (Å²) in [4.78, 5) is 0. The van der Waals surface area contributed by atoms with Gasteiger partial charge >= 0.3 is 0 Å². The van der Waals surface area contributed by atoms with Gasteiger partial charge in [0.15, 0.2) is 5.58 Å². The molecular weight excluding hydrogens is 162 g/mol. The Balaban J connectivity index is 2.70. The molecule has 0 spiro atoms. The summed E-state index contributed by atoms with van der Waals surface area (Å²) in [5.74, 6) is 0. The molecule has 0 saturated carbocycles. The molecule has 3 heterocycles. The van der Waals surface area contributed by atoms with E-state index in [0.717, 1.165) is 11.1 Å². The molecule has 0 bridgehead atoms. The number of fused-ring (bicyclic) bond motifs is 3. The first-order chi connectivity index (χ1) is 6.36. The SMILES string of the molecule is Cc1cc2ccoc2c2cccn12. The van der Waals surface area contributed by atoms with E-state index >= 15 is 0 Å². The number of pyridine rings is 1. The van der Waals surface area contributed by atoms with Gasteiger partial charge in [-0.25, -0.2) is 0 Å². The summed E-state index contributed by atoms with van der Waals surface area (Å²) in [6.07, 6.45) is 3.78. The summed E-state index contributed by atoms with van der Waals surface area (Å²) in [6, 6.07) is 8.23. The van der Waals surface area contributed by atoms with Crippen LogP contribution in [0.5, 0.6) is 0 Å². The molecule has 64 valence electrons. The molecule has 3 aromatic heterocycles. The lowest BCUT2D eigenvalue weighted by molar-refractivity contribution is 0.617. The number of hydrogen-bond acceptors (Lipinski definition) is 1. The third-order valence-corrected chi connectivity index (χ3v) is 2.42. The maximum absolute atomic E-state index is 5.42. The number of nitrogens with zero attached hydrogens (tertiary/aromatic N) is 1. The smallest absolute Gasteiger partial charge is 0.157 e. The Bertz CT molecular complexity index is 574. The predicted octanol–water partition coefficient (Wildman–Crippen LogP) is 2.99. The molecule has 13 heavy (non-hydrogen) atoms. The zero-order valence-electron chi connectivity index (χ0n) is 7.32. The third-order valence-electron chi connectivity index (χ3n) is 2.42. The number of furan rings is 1. The zero-order chi connectivity index (χ0) is 8.84. The molecule has 0 aromatic carbocycles. The van der Waals surface area contributed by atoms with Crippen LogP contribution in [0.3, 0.4) is 0 Å². The van der Waals surface area contributed by atoms with Gasteiger partial charge in [0, 0.05) is 17.3 Å². The minimum atomic E-state index is 0.968. The van der Waals surface area contributed by atoms with Crippen LogP contribution in [0.4, 0.5) is 0 Å². The molecule has 0 fully saturated rings. The summed E-state index contributed by atoms with van der Waals surface area (Å²) in [6.45, 7) is 2.10. The Labute approximate surface area is 75.4 Å². The molecule has 3 rings (SSSR count). The standard InChI is InChI=1S/C11H9NO/c1-8-7-9-4-6-13-11(9)10-3-2-5-12(8)10/h2-7H,1H3. The van der Waals surface area contributed by atoms with Crippen LogP contribution in [0, 0.1) is 6.92 Å². The van der Waals surface area contributed by atoms with E-state index in [1.807, 2.05) is 18.3 Å². The highest BCUT2D eigenvalue weighted by Crippen LogP contribution is 2.23. The second kappa shape index (κ2) is 2.16. The van der Waals surface area contributed by atoms with Crippen LogP contribution in [0.2, 0.25) is 0 Å². The highest BCUT2D eigenvalue weighted by Gasteiger charge is 2.04. The van der Waals surface area contributed by atoms with Crippen LogP contribution in [0.25, 0.3) is 16.5 Å². The number of aryl methyl sites for hydroxylation is 1. The number of aromatic nitrogens is 1. The Morgan fingerprint density at radius 1 is 1.31 bits per heavy atom. The maximum Gasteiger partial charge on any atom is 0.157 e. The van der Waals surface area contributed by atoms with Crippen LogP contribution in [-0.2, 0) is 0 Å². The van der Waals surface area contributed by atoms with E-state index in [2.05, 4.69) is 23.5 Å². The minimum absolute atomic E-state index is 0.968. The van der Waals surface area contributed by atoms with Crippen LogP contribution >= 0.6 is 0 Å². The van der Waals surface area contributed by atoms with E-state index < -0.39 is 0 Å². The Kier molecular flexibility index (Phi) is 1.13. The second-order valence-corrected chi connectivity index (χ2v) is 3.25. The first-order valence-electron chi connectivity index (χ1n) is 4.30. The van der Waals surface area contributed by atoms with E-state index in [1.54, 1.807) is 6.26 Å². The van der Waals surface area contributed by atoms with Gasteiger partial charge in [-0.1, -0.05) is 0 Å². The van der Waals surface area contributed by atoms with Gasteiger partial charge in [0.1, 0.15) is 0 Å². The van der Waals surface area contributed by atoms with Crippen molar-refractivity contribution in [3.05, 3.63) is 42.4 Å². The van der Waals surface area contributed by atoms with Gasteiger partial charge in [0.25, 0.3) is 0 Å². The first-order valence-corrected chi connectivity index (χ1v) is 4.30. The number of rotatable bonds is 0. The summed E-state index contributed by atoms with van der Waals surface area (Å²) in [5, 5.41) is 1.17. The Morgan fingerprint density at radius 3 is 3.15 bits per heavy atom. The molecule has 0 unspecified atom stereocenters. The lowest BCUT2D eigenvalue weighted by Crippen LogP contribution is -1.87. The maximum atomic E-state index is 5.42. The molecule has 0 radical (unpaired) electrons. The molecule has 0 aliphatic carbocycles. The van der Waals surface area contributed by atoms with Crippen molar-refractivity contribution in [3.8, 4) is 0 Å². The van der Waals surface area contributed by atoms with Crippen molar-refractivity contribution >= 4 is 16.5 Å². The van der Waals surface area contributed by atoms with Gasteiger partial charge in [0.05, 0.1) is 11.8 Å². The van der Waals surface area contributed by atoms with Gasteiger partial charge < -0.3 is 8.82 Å². The monoisotopic (exact) mass is 171 g/mol. The highest BCUT2D eigenvalue weighted by molar-refractivity contribution is 5.91. The van der Waals surface area contributed by atoms with E-state index in [0.29, 0.717) is 0 Å². The quantitative estimate of drug-likeness (QED) is 0.508. The molecule has 2 heteroatoms. The molecule has 0 aliphatic heterocycles. The molecule has 0 atom stereocenters. The normalized spacial score (nSPS) is 11.5. The van der Waals surface area contributed by atoms with Crippen molar-refractivity contribution in [1.29, 1.82) is 0 Å². The fraction of sp³-hybridized carbons (Fsp3) is 0.0909. The average molecular weight is 171 g/mol. The summed E-state index contributed by atoms with van der Waals surface area (Å²) in [5.41, 5.74) is 3.34. The Morgan fingerprint density at radius 2 is 2.23 bits per heavy atom. The minimum Gasteiger partial charge on any atom is -0.462 e. The summed E-state index contributed by atoms with van der Waals surface area (Å²) >= 11 is 0. The summed E-state index contributed by atoms with van der Waals surface area (Å²) < 4.78 is 7.55. The highest BCUT2D eigenvalue weighted by atomic mass is 16.3. The molecule has 0 saturated heterocycles. The van der Waals surface area contributed by atoms with Crippen LogP contribution < -0.4 is 0 Å². The van der Waals surface area contributed by atoms with Crippen molar-refractivity contribution in [2.24, 2.45) is 0 Å². The lowest BCUT2D eigenvalue weighted by atomic mass is 10.2. The Hall–Kier alpha value is -1.70. The fourth-order valence-corrected chi connectivity index (χ4v) is 1.81.